The van der Waals surface area contributed by atoms with Crippen LogP contribution in [0.5, 0.6) is 0 Å². The normalized spacial score (nSPS) is 28.1. The smallest absolute Gasteiger partial charge is 0.264 e. The van der Waals surface area contributed by atoms with E-state index in [1.807, 2.05) is 0 Å². The Hall–Kier alpha value is -1.67. The van der Waals surface area contributed by atoms with Crippen molar-refractivity contribution < 1.29 is 12.8 Å². The van der Waals surface area contributed by atoms with Gasteiger partial charge in [-0.3, -0.25) is 4.90 Å². The molecule has 3 rings (SSSR count). The zero-order chi connectivity index (χ0) is 18.0. The van der Waals surface area contributed by atoms with E-state index in [0.29, 0.717) is 31.2 Å². The number of benzene rings is 1. The maximum Gasteiger partial charge on any atom is 0.264 e. The summed E-state index contributed by atoms with van der Waals surface area (Å²) in [5.41, 5.74) is 0. The number of halogens is 1. The molecule has 0 spiro atoms. The second-order valence-electron chi connectivity index (χ2n) is 6.97. The molecule has 1 aliphatic heterocycles. The number of sulfonamides is 1. The summed E-state index contributed by atoms with van der Waals surface area (Å²) in [6, 6.07) is 5.18. The Morgan fingerprint density at radius 1 is 1.24 bits per heavy atom. The topological polar surface area (TPSA) is 73.8 Å². The highest BCUT2D eigenvalue weighted by Crippen LogP contribution is 2.32. The van der Waals surface area contributed by atoms with Crippen molar-refractivity contribution >= 4 is 16.0 Å². The van der Waals surface area contributed by atoms with E-state index in [1.165, 1.54) is 25.0 Å². The number of nitrogens with zero attached hydrogens (tertiary/aromatic N) is 2. The van der Waals surface area contributed by atoms with Gasteiger partial charge in [-0.2, -0.15) is 0 Å². The number of guanidine groups is 1. The first-order valence-electron chi connectivity index (χ1n) is 8.67. The summed E-state index contributed by atoms with van der Waals surface area (Å²) in [7, 11) is -3.77. The quantitative estimate of drug-likeness (QED) is 0.857. The summed E-state index contributed by atoms with van der Waals surface area (Å²) >= 11 is 0. The predicted octanol–water partition coefficient (Wildman–Crippen LogP) is 2.10. The summed E-state index contributed by atoms with van der Waals surface area (Å²) in [5, 5.41) is 3.05. The minimum atomic E-state index is -3.77. The molecular weight excluding hydrogens is 343 g/mol. The summed E-state index contributed by atoms with van der Waals surface area (Å²) < 4.78 is 40.0. The van der Waals surface area contributed by atoms with Crippen LogP contribution in [0, 0.1) is 17.7 Å². The lowest BCUT2D eigenvalue weighted by Gasteiger charge is -2.42. The van der Waals surface area contributed by atoms with Crippen molar-refractivity contribution in [2.24, 2.45) is 16.8 Å². The first-order valence-corrected chi connectivity index (χ1v) is 10.2. The highest BCUT2D eigenvalue weighted by molar-refractivity contribution is 7.90. The predicted molar refractivity (Wildman–Crippen MR) is 94.8 cm³/mol. The van der Waals surface area contributed by atoms with E-state index in [-0.39, 0.29) is 10.9 Å². The fourth-order valence-corrected chi connectivity index (χ4v) is 4.61. The number of nitrogens with one attached hydrogen (secondary N) is 2. The third-order valence-electron chi connectivity index (χ3n) is 5.35. The van der Waals surface area contributed by atoms with Crippen molar-refractivity contribution in [3.63, 3.8) is 0 Å². The molecule has 138 valence electrons. The highest BCUT2D eigenvalue weighted by atomic mass is 32.2. The van der Waals surface area contributed by atoms with Gasteiger partial charge in [0.1, 0.15) is 5.82 Å². The number of hydrogen-bond donors (Lipinski definition) is 2. The molecule has 0 bridgehead atoms. The van der Waals surface area contributed by atoms with Crippen LogP contribution in [0.2, 0.25) is 0 Å². The van der Waals surface area contributed by atoms with Crippen LogP contribution in [-0.4, -0.2) is 38.7 Å². The molecule has 1 aromatic carbocycles. The second kappa shape index (κ2) is 7.29. The number of aliphatic imine (C=N–C) groups is 1. The molecule has 2 aliphatic rings. The van der Waals surface area contributed by atoms with Gasteiger partial charge in [0.15, 0.2) is 0 Å². The van der Waals surface area contributed by atoms with Crippen molar-refractivity contribution in [2.75, 3.05) is 13.3 Å². The fraction of sp³-hybridized carbons (Fsp3) is 0.588. The minimum absolute atomic E-state index is 0.00978. The molecule has 0 aromatic heterocycles. The molecule has 0 amide bonds. The van der Waals surface area contributed by atoms with Gasteiger partial charge in [0.2, 0.25) is 5.96 Å². The Kier molecular flexibility index (Phi) is 5.29. The Bertz CT molecular complexity index is 736. The molecule has 1 aliphatic carbocycles. The van der Waals surface area contributed by atoms with Crippen molar-refractivity contribution in [3.05, 3.63) is 30.1 Å². The van der Waals surface area contributed by atoms with E-state index >= 15 is 0 Å². The summed E-state index contributed by atoms with van der Waals surface area (Å²) in [6.07, 6.45) is 3.64. The first kappa shape index (κ1) is 18.1. The molecule has 1 heterocycles. The SMILES string of the molecule is CC1CCCC(N2CN=C(NS(=O)(=O)c3ccc(F)cc3)NC2)C1C. The maximum atomic E-state index is 13.0. The largest absolute Gasteiger partial charge is 0.343 e. The molecule has 1 fully saturated rings. The van der Waals surface area contributed by atoms with Crippen molar-refractivity contribution in [1.29, 1.82) is 0 Å². The van der Waals surface area contributed by atoms with Gasteiger partial charge in [0.25, 0.3) is 10.0 Å². The number of rotatable bonds is 3. The summed E-state index contributed by atoms with van der Waals surface area (Å²) in [4.78, 5) is 6.61. The van der Waals surface area contributed by atoms with E-state index in [4.69, 9.17) is 0 Å². The molecule has 25 heavy (non-hydrogen) atoms. The minimum Gasteiger partial charge on any atom is -0.343 e. The molecule has 2 N–H and O–H groups in total. The highest BCUT2D eigenvalue weighted by Gasteiger charge is 2.32. The van der Waals surface area contributed by atoms with Gasteiger partial charge in [-0.25, -0.2) is 22.5 Å². The van der Waals surface area contributed by atoms with Crippen molar-refractivity contribution in [3.8, 4) is 0 Å². The average molecular weight is 368 g/mol. The van der Waals surface area contributed by atoms with Gasteiger partial charge < -0.3 is 5.32 Å². The Morgan fingerprint density at radius 3 is 2.60 bits per heavy atom. The Morgan fingerprint density at radius 2 is 1.96 bits per heavy atom. The zero-order valence-corrected chi connectivity index (χ0v) is 15.4. The molecule has 6 nitrogen and oxygen atoms in total. The monoisotopic (exact) mass is 368 g/mol. The van der Waals surface area contributed by atoms with Gasteiger partial charge in [0.05, 0.1) is 18.2 Å². The van der Waals surface area contributed by atoms with Crippen LogP contribution >= 0.6 is 0 Å². The Balaban J connectivity index is 1.64. The molecule has 1 aromatic rings. The van der Waals surface area contributed by atoms with Gasteiger partial charge >= 0.3 is 0 Å². The first-order chi connectivity index (χ1) is 11.9. The van der Waals surface area contributed by atoms with Gasteiger partial charge in [-0.15, -0.1) is 0 Å². The average Bonchev–Trinajstić information content (AvgIpc) is 2.58. The zero-order valence-electron chi connectivity index (χ0n) is 14.6. The lowest BCUT2D eigenvalue weighted by atomic mass is 9.77. The molecular formula is C17H25FN4O2S. The molecule has 3 unspecified atom stereocenters. The molecule has 8 heteroatoms. The van der Waals surface area contributed by atoms with Crippen molar-refractivity contribution in [2.45, 2.75) is 44.0 Å². The van der Waals surface area contributed by atoms with Crippen LogP contribution in [0.3, 0.4) is 0 Å². The van der Waals surface area contributed by atoms with E-state index < -0.39 is 15.8 Å². The van der Waals surface area contributed by atoms with Crippen LogP contribution in [0.4, 0.5) is 4.39 Å². The van der Waals surface area contributed by atoms with Crippen LogP contribution in [0.15, 0.2) is 34.2 Å². The molecule has 0 saturated heterocycles. The maximum absolute atomic E-state index is 13.0. The van der Waals surface area contributed by atoms with Crippen LogP contribution in [0.25, 0.3) is 0 Å². The van der Waals surface area contributed by atoms with E-state index in [1.54, 1.807) is 0 Å². The van der Waals surface area contributed by atoms with Gasteiger partial charge in [-0.05, 0) is 42.5 Å². The summed E-state index contributed by atoms with van der Waals surface area (Å²) in [5.74, 6) is 1.06. The lowest BCUT2D eigenvalue weighted by Crippen LogP contribution is -2.55. The van der Waals surface area contributed by atoms with E-state index in [9.17, 15) is 12.8 Å². The van der Waals surface area contributed by atoms with E-state index in [0.717, 1.165) is 18.6 Å². The standard InChI is InChI=1S/C17H25FN4O2S/c1-12-4-3-5-16(13(12)2)22-10-19-17(20-11-22)21-25(23,24)15-8-6-14(18)7-9-15/h6-9,12-13,16H,3-5,10-11H2,1-2H3,(H2,19,20,21). The molecule has 0 radical (unpaired) electrons. The van der Waals surface area contributed by atoms with Crippen LogP contribution < -0.4 is 10.0 Å². The third-order valence-corrected chi connectivity index (χ3v) is 6.70. The molecule has 3 atom stereocenters. The van der Waals surface area contributed by atoms with Gasteiger partial charge in [-0.1, -0.05) is 26.7 Å². The van der Waals surface area contributed by atoms with Crippen LogP contribution in [-0.2, 0) is 10.0 Å². The number of hydrogen-bond acceptors (Lipinski definition) is 5. The Labute approximate surface area is 148 Å². The van der Waals surface area contributed by atoms with Gasteiger partial charge in [0, 0.05) is 6.04 Å². The third kappa shape index (κ3) is 4.12. The second-order valence-corrected chi connectivity index (χ2v) is 8.65. The van der Waals surface area contributed by atoms with Crippen molar-refractivity contribution in [1.82, 2.24) is 14.9 Å². The lowest BCUT2D eigenvalue weighted by molar-refractivity contribution is 0.0768. The van der Waals surface area contributed by atoms with E-state index in [2.05, 4.69) is 33.8 Å². The summed E-state index contributed by atoms with van der Waals surface area (Å²) in [6.45, 7) is 5.60. The molecule has 1 saturated carbocycles. The van der Waals surface area contributed by atoms with Crippen LogP contribution in [0.1, 0.15) is 33.1 Å². The fourth-order valence-electron chi connectivity index (χ4n) is 3.60.